The van der Waals surface area contributed by atoms with Gasteiger partial charge < -0.3 is 9.88 Å². The van der Waals surface area contributed by atoms with Crippen LogP contribution >= 0.6 is 0 Å². The molecular formula is C12H18N2O2. The molecule has 0 aliphatic carbocycles. The Morgan fingerprint density at radius 3 is 2.81 bits per heavy atom. The van der Waals surface area contributed by atoms with Gasteiger partial charge in [0.05, 0.1) is 0 Å². The molecular weight excluding hydrogens is 204 g/mol. The van der Waals surface area contributed by atoms with E-state index in [1.54, 1.807) is 6.07 Å². The van der Waals surface area contributed by atoms with E-state index in [0.717, 1.165) is 18.5 Å². The monoisotopic (exact) mass is 222 g/mol. The number of nitrogens with one attached hydrogen (secondary N) is 1. The second kappa shape index (κ2) is 6.10. The van der Waals surface area contributed by atoms with E-state index in [9.17, 15) is 9.59 Å². The third kappa shape index (κ3) is 3.53. The molecule has 0 unspecified atom stereocenters. The quantitative estimate of drug-likeness (QED) is 0.758. The lowest BCUT2D eigenvalue weighted by atomic mass is 10.3. The summed E-state index contributed by atoms with van der Waals surface area (Å²) in [6, 6.07) is 4.98. The van der Waals surface area contributed by atoms with Crippen LogP contribution in [0.2, 0.25) is 0 Å². The maximum absolute atomic E-state index is 11.5. The van der Waals surface area contributed by atoms with E-state index in [1.165, 1.54) is 10.6 Å². The fraction of sp³-hybridized carbons (Fsp3) is 0.500. The van der Waals surface area contributed by atoms with Gasteiger partial charge in [0.1, 0.15) is 6.54 Å². The average molecular weight is 222 g/mol. The SMILES string of the molecule is CCCCNC(=O)Cn1c(C)cccc1=O. The average Bonchev–Trinajstić information content (AvgIpc) is 2.24. The van der Waals surface area contributed by atoms with Gasteiger partial charge in [0.25, 0.3) is 5.56 Å². The molecule has 4 heteroatoms. The molecule has 0 bridgehead atoms. The summed E-state index contributed by atoms with van der Waals surface area (Å²) in [5.41, 5.74) is 0.670. The van der Waals surface area contributed by atoms with Gasteiger partial charge in [-0.05, 0) is 19.4 Å². The first-order valence-electron chi connectivity index (χ1n) is 5.58. The topological polar surface area (TPSA) is 51.1 Å². The predicted octanol–water partition coefficient (Wildman–Crippen LogP) is 1.07. The first kappa shape index (κ1) is 12.5. The van der Waals surface area contributed by atoms with Crippen LogP contribution in [0.3, 0.4) is 0 Å². The zero-order chi connectivity index (χ0) is 12.0. The van der Waals surface area contributed by atoms with Gasteiger partial charge in [0.2, 0.25) is 5.91 Å². The predicted molar refractivity (Wildman–Crippen MR) is 63.4 cm³/mol. The Labute approximate surface area is 95.3 Å². The highest BCUT2D eigenvalue weighted by Crippen LogP contribution is 1.93. The van der Waals surface area contributed by atoms with Crippen molar-refractivity contribution in [3.8, 4) is 0 Å². The normalized spacial score (nSPS) is 10.1. The zero-order valence-electron chi connectivity index (χ0n) is 9.82. The molecule has 1 heterocycles. The van der Waals surface area contributed by atoms with E-state index in [2.05, 4.69) is 12.2 Å². The van der Waals surface area contributed by atoms with Crippen LogP contribution in [0.25, 0.3) is 0 Å². The number of unbranched alkanes of at least 4 members (excludes halogenated alkanes) is 1. The summed E-state index contributed by atoms with van der Waals surface area (Å²) in [4.78, 5) is 23.0. The first-order valence-corrected chi connectivity index (χ1v) is 5.58. The van der Waals surface area contributed by atoms with Gasteiger partial charge in [-0.2, -0.15) is 0 Å². The third-order valence-electron chi connectivity index (χ3n) is 2.42. The summed E-state index contributed by atoms with van der Waals surface area (Å²) >= 11 is 0. The molecule has 16 heavy (non-hydrogen) atoms. The van der Waals surface area contributed by atoms with E-state index < -0.39 is 0 Å². The second-order valence-electron chi connectivity index (χ2n) is 3.80. The molecule has 1 rings (SSSR count). The number of aromatic nitrogens is 1. The Hall–Kier alpha value is -1.58. The molecule has 0 aromatic carbocycles. The van der Waals surface area contributed by atoms with Crippen LogP contribution in [0, 0.1) is 6.92 Å². The number of hydrogen-bond donors (Lipinski definition) is 1. The second-order valence-corrected chi connectivity index (χ2v) is 3.80. The number of amides is 1. The third-order valence-corrected chi connectivity index (χ3v) is 2.42. The minimum absolute atomic E-state index is 0.106. The van der Waals surface area contributed by atoms with Gasteiger partial charge >= 0.3 is 0 Å². The highest BCUT2D eigenvalue weighted by Gasteiger charge is 2.05. The van der Waals surface area contributed by atoms with Gasteiger partial charge in [-0.3, -0.25) is 9.59 Å². The largest absolute Gasteiger partial charge is 0.355 e. The Balaban J connectivity index is 2.59. The highest BCUT2D eigenvalue weighted by molar-refractivity contribution is 5.75. The van der Waals surface area contributed by atoms with Crippen LogP contribution in [0.1, 0.15) is 25.5 Å². The molecule has 0 aliphatic rings. The van der Waals surface area contributed by atoms with Gasteiger partial charge in [0.15, 0.2) is 0 Å². The summed E-state index contributed by atoms with van der Waals surface area (Å²) in [6.07, 6.45) is 2.01. The molecule has 0 saturated carbocycles. The highest BCUT2D eigenvalue weighted by atomic mass is 16.2. The van der Waals surface area contributed by atoms with E-state index in [4.69, 9.17) is 0 Å². The van der Waals surface area contributed by atoms with Crippen LogP contribution in [0.15, 0.2) is 23.0 Å². The summed E-state index contributed by atoms with van der Waals surface area (Å²) in [5, 5.41) is 2.79. The minimum atomic E-state index is -0.134. The Morgan fingerprint density at radius 2 is 2.19 bits per heavy atom. The molecule has 0 atom stereocenters. The van der Waals surface area contributed by atoms with Crippen LogP contribution in [0.5, 0.6) is 0 Å². The lowest BCUT2D eigenvalue weighted by Gasteiger charge is -2.09. The minimum Gasteiger partial charge on any atom is -0.355 e. The number of pyridine rings is 1. The van der Waals surface area contributed by atoms with Crippen molar-refractivity contribution in [2.24, 2.45) is 0 Å². The molecule has 88 valence electrons. The van der Waals surface area contributed by atoms with E-state index >= 15 is 0 Å². The molecule has 0 saturated heterocycles. The van der Waals surface area contributed by atoms with Crippen molar-refractivity contribution in [2.45, 2.75) is 33.2 Å². The number of hydrogen-bond acceptors (Lipinski definition) is 2. The lowest BCUT2D eigenvalue weighted by molar-refractivity contribution is -0.121. The molecule has 4 nitrogen and oxygen atoms in total. The van der Waals surface area contributed by atoms with Crippen molar-refractivity contribution < 1.29 is 4.79 Å². The smallest absolute Gasteiger partial charge is 0.251 e. The maximum atomic E-state index is 11.5. The van der Waals surface area contributed by atoms with Crippen LogP contribution in [0.4, 0.5) is 0 Å². The van der Waals surface area contributed by atoms with Crippen molar-refractivity contribution in [3.63, 3.8) is 0 Å². The van der Waals surface area contributed by atoms with Crippen molar-refractivity contribution in [2.75, 3.05) is 6.54 Å². The van der Waals surface area contributed by atoms with E-state index in [0.29, 0.717) is 6.54 Å². The van der Waals surface area contributed by atoms with Gasteiger partial charge in [0, 0.05) is 18.3 Å². The molecule has 1 aromatic heterocycles. The lowest BCUT2D eigenvalue weighted by Crippen LogP contribution is -2.33. The summed E-state index contributed by atoms with van der Waals surface area (Å²) in [6.45, 7) is 4.67. The van der Waals surface area contributed by atoms with Crippen molar-refractivity contribution in [1.29, 1.82) is 0 Å². The summed E-state index contributed by atoms with van der Waals surface area (Å²) < 4.78 is 1.47. The summed E-state index contributed by atoms with van der Waals surface area (Å²) in [5.74, 6) is -0.107. The summed E-state index contributed by atoms with van der Waals surface area (Å²) in [7, 11) is 0. The number of carbonyl (C=O) groups excluding carboxylic acids is 1. The van der Waals surface area contributed by atoms with Crippen molar-refractivity contribution in [1.82, 2.24) is 9.88 Å². The molecule has 1 aromatic rings. The Morgan fingerprint density at radius 1 is 1.44 bits per heavy atom. The Kier molecular flexibility index (Phi) is 4.76. The number of rotatable bonds is 5. The fourth-order valence-corrected chi connectivity index (χ4v) is 1.43. The van der Waals surface area contributed by atoms with Gasteiger partial charge in [-0.1, -0.05) is 19.4 Å². The van der Waals surface area contributed by atoms with Gasteiger partial charge in [-0.15, -0.1) is 0 Å². The molecule has 0 spiro atoms. The Bertz CT molecular complexity index is 410. The molecule has 0 fully saturated rings. The van der Waals surface area contributed by atoms with Crippen molar-refractivity contribution >= 4 is 5.91 Å². The van der Waals surface area contributed by atoms with E-state index in [1.807, 2.05) is 13.0 Å². The van der Waals surface area contributed by atoms with Crippen LogP contribution < -0.4 is 10.9 Å². The van der Waals surface area contributed by atoms with Gasteiger partial charge in [-0.25, -0.2) is 0 Å². The molecule has 0 radical (unpaired) electrons. The first-order chi connectivity index (χ1) is 7.65. The zero-order valence-corrected chi connectivity index (χ0v) is 9.82. The molecule has 1 N–H and O–H groups in total. The fourth-order valence-electron chi connectivity index (χ4n) is 1.43. The number of carbonyl (C=O) groups is 1. The maximum Gasteiger partial charge on any atom is 0.251 e. The van der Waals surface area contributed by atoms with Crippen molar-refractivity contribution in [3.05, 3.63) is 34.2 Å². The standard InChI is InChI=1S/C12H18N2O2/c1-3-4-8-13-11(15)9-14-10(2)6-5-7-12(14)16/h5-7H,3-4,8-9H2,1-2H3,(H,13,15). The molecule has 0 aliphatic heterocycles. The van der Waals surface area contributed by atoms with E-state index in [-0.39, 0.29) is 18.0 Å². The van der Waals surface area contributed by atoms with Crippen LogP contribution in [-0.4, -0.2) is 17.0 Å². The number of aryl methyl sites for hydroxylation is 1. The number of nitrogens with zero attached hydrogens (tertiary/aromatic N) is 1. The van der Waals surface area contributed by atoms with Crippen LogP contribution in [-0.2, 0) is 11.3 Å². The molecule has 1 amide bonds.